The summed E-state index contributed by atoms with van der Waals surface area (Å²) in [5.41, 5.74) is 0.302. The maximum absolute atomic E-state index is 12.9. The smallest absolute Gasteiger partial charge is 0.340 e. The number of halogens is 1. The molecule has 0 aliphatic carbocycles. The fourth-order valence-corrected chi connectivity index (χ4v) is 2.21. The average molecular weight is 281 g/mol. The third-order valence-corrected chi connectivity index (χ3v) is 3.15. The Morgan fingerprint density at radius 3 is 2.84 bits per heavy atom. The van der Waals surface area contributed by atoms with E-state index in [0.717, 1.165) is 23.8 Å². The van der Waals surface area contributed by atoms with E-state index in [4.69, 9.17) is 5.11 Å². The van der Waals surface area contributed by atoms with Crippen molar-refractivity contribution in [2.24, 2.45) is 0 Å². The Morgan fingerprint density at radius 2 is 2.21 bits per heavy atom. The number of amides is 1. The van der Waals surface area contributed by atoms with Crippen LogP contribution in [0.4, 0.5) is 9.39 Å². The van der Waals surface area contributed by atoms with Crippen LogP contribution in [0.2, 0.25) is 0 Å². The lowest BCUT2D eigenvalue weighted by molar-refractivity contribution is 0.0697. The van der Waals surface area contributed by atoms with E-state index in [-0.39, 0.29) is 16.1 Å². The van der Waals surface area contributed by atoms with Gasteiger partial charge in [-0.2, -0.15) is 8.76 Å². The highest BCUT2D eigenvalue weighted by Gasteiger charge is 2.19. The monoisotopic (exact) mass is 281 g/mol. The minimum atomic E-state index is -1.18. The van der Waals surface area contributed by atoms with Crippen LogP contribution in [-0.2, 0) is 0 Å². The molecule has 1 amide bonds. The third-order valence-electron chi connectivity index (χ3n) is 2.29. The Kier molecular flexibility index (Phi) is 3.52. The van der Waals surface area contributed by atoms with E-state index in [9.17, 15) is 14.0 Å². The molecule has 0 aliphatic rings. The molecule has 0 radical (unpaired) electrons. The SMILES string of the molecule is Cc1nsc(NC(=O)c2ccnc(F)c2)c1C(=O)O. The largest absolute Gasteiger partial charge is 0.478 e. The van der Waals surface area contributed by atoms with E-state index in [1.54, 1.807) is 0 Å². The Bertz CT molecular complexity index is 656. The van der Waals surface area contributed by atoms with E-state index < -0.39 is 17.8 Å². The molecule has 0 saturated heterocycles. The molecule has 2 aromatic heterocycles. The quantitative estimate of drug-likeness (QED) is 0.839. The second kappa shape index (κ2) is 5.11. The zero-order valence-corrected chi connectivity index (χ0v) is 10.5. The number of carboxylic acid groups (broad SMARTS) is 1. The van der Waals surface area contributed by atoms with Crippen molar-refractivity contribution in [2.45, 2.75) is 6.92 Å². The van der Waals surface area contributed by atoms with Crippen molar-refractivity contribution in [2.75, 3.05) is 5.32 Å². The van der Waals surface area contributed by atoms with Gasteiger partial charge in [-0.1, -0.05) is 0 Å². The van der Waals surface area contributed by atoms with Gasteiger partial charge in [-0.3, -0.25) is 4.79 Å². The zero-order valence-electron chi connectivity index (χ0n) is 9.68. The number of aryl methyl sites for hydroxylation is 1. The fourth-order valence-electron chi connectivity index (χ4n) is 1.43. The number of rotatable bonds is 3. The van der Waals surface area contributed by atoms with Crippen LogP contribution in [0.15, 0.2) is 18.3 Å². The molecule has 0 spiro atoms. The Labute approximate surface area is 111 Å². The number of nitrogens with one attached hydrogen (secondary N) is 1. The van der Waals surface area contributed by atoms with Gasteiger partial charge in [0.25, 0.3) is 5.91 Å². The topological polar surface area (TPSA) is 92.2 Å². The predicted octanol–water partition coefficient (Wildman–Crippen LogP) is 1.94. The van der Waals surface area contributed by atoms with Crippen LogP contribution in [-0.4, -0.2) is 26.3 Å². The predicted molar refractivity (Wildman–Crippen MR) is 66.0 cm³/mol. The molecular formula is C11H8FN3O3S. The first kappa shape index (κ1) is 13.1. The highest BCUT2D eigenvalue weighted by Crippen LogP contribution is 2.24. The molecule has 0 aliphatic heterocycles. The normalized spacial score (nSPS) is 10.2. The molecular weight excluding hydrogens is 273 g/mol. The van der Waals surface area contributed by atoms with Crippen molar-refractivity contribution >= 4 is 28.4 Å². The summed E-state index contributed by atoms with van der Waals surface area (Å²) in [4.78, 5) is 26.2. The van der Waals surface area contributed by atoms with Crippen LogP contribution < -0.4 is 5.32 Å². The number of hydrogen-bond donors (Lipinski definition) is 2. The first-order valence-electron chi connectivity index (χ1n) is 5.11. The van der Waals surface area contributed by atoms with Gasteiger partial charge in [0.15, 0.2) is 0 Å². The van der Waals surface area contributed by atoms with Crippen molar-refractivity contribution in [1.82, 2.24) is 9.36 Å². The van der Waals surface area contributed by atoms with Gasteiger partial charge in [-0.05, 0) is 24.5 Å². The molecule has 0 atom stereocenters. The molecule has 8 heteroatoms. The summed E-state index contributed by atoms with van der Waals surface area (Å²) in [5, 5.41) is 11.5. The second-order valence-corrected chi connectivity index (χ2v) is 4.37. The van der Waals surface area contributed by atoms with Gasteiger partial charge >= 0.3 is 5.97 Å². The van der Waals surface area contributed by atoms with Crippen molar-refractivity contribution in [1.29, 1.82) is 0 Å². The first-order chi connectivity index (χ1) is 8.99. The number of aromatic carboxylic acids is 1. The molecule has 2 heterocycles. The van der Waals surface area contributed by atoms with Gasteiger partial charge in [0.1, 0.15) is 10.6 Å². The number of carbonyl (C=O) groups is 2. The summed E-state index contributed by atoms with van der Waals surface area (Å²) in [6.07, 6.45) is 1.15. The minimum absolute atomic E-state index is 0.0508. The van der Waals surface area contributed by atoms with E-state index >= 15 is 0 Å². The summed E-state index contributed by atoms with van der Waals surface area (Å²) < 4.78 is 16.7. The molecule has 2 rings (SSSR count). The molecule has 0 bridgehead atoms. The number of nitrogens with zero attached hydrogens (tertiary/aromatic N) is 2. The van der Waals surface area contributed by atoms with Crippen LogP contribution in [0.5, 0.6) is 0 Å². The Hall–Kier alpha value is -2.35. The van der Waals surface area contributed by atoms with Gasteiger partial charge in [0.05, 0.1) is 5.69 Å². The van der Waals surface area contributed by atoms with Crippen LogP contribution in [0.3, 0.4) is 0 Å². The van der Waals surface area contributed by atoms with Crippen molar-refractivity contribution < 1.29 is 19.1 Å². The van der Waals surface area contributed by atoms with Gasteiger partial charge in [-0.25, -0.2) is 9.78 Å². The van der Waals surface area contributed by atoms with E-state index in [2.05, 4.69) is 14.7 Å². The summed E-state index contributed by atoms with van der Waals surface area (Å²) in [7, 11) is 0. The number of carboxylic acids is 1. The standard InChI is InChI=1S/C11H8FN3O3S/c1-5-8(11(17)18)10(19-15-5)14-9(16)6-2-3-13-7(12)4-6/h2-4H,1H3,(H,14,16)(H,17,18). The Morgan fingerprint density at radius 1 is 1.47 bits per heavy atom. The molecule has 2 N–H and O–H groups in total. The molecule has 0 aromatic carbocycles. The lowest BCUT2D eigenvalue weighted by Gasteiger charge is -2.03. The maximum atomic E-state index is 12.9. The van der Waals surface area contributed by atoms with Crippen molar-refractivity contribution in [3.63, 3.8) is 0 Å². The minimum Gasteiger partial charge on any atom is -0.478 e. The van der Waals surface area contributed by atoms with E-state index in [0.29, 0.717) is 5.69 Å². The lowest BCUT2D eigenvalue weighted by atomic mass is 10.2. The van der Waals surface area contributed by atoms with Crippen LogP contribution in [0.1, 0.15) is 26.4 Å². The maximum Gasteiger partial charge on any atom is 0.340 e. The van der Waals surface area contributed by atoms with Crippen LogP contribution >= 0.6 is 11.5 Å². The summed E-state index contributed by atoms with van der Waals surface area (Å²) in [6, 6.07) is 2.29. The first-order valence-corrected chi connectivity index (χ1v) is 5.89. The van der Waals surface area contributed by atoms with Crippen LogP contribution in [0.25, 0.3) is 0 Å². The van der Waals surface area contributed by atoms with Gasteiger partial charge in [0, 0.05) is 17.8 Å². The lowest BCUT2D eigenvalue weighted by Crippen LogP contribution is -2.14. The molecule has 19 heavy (non-hydrogen) atoms. The number of carbonyl (C=O) groups excluding carboxylic acids is 1. The number of hydrogen-bond acceptors (Lipinski definition) is 5. The number of aromatic nitrogens is 2. The highest BCUT2D eigenvalue weighted by molar-refractivity contribution is 7.11. The van der Waals surface area contributed by atoms with Crippen LogP contribution in [0, 0.1) is 12.9 Å². The second-order valence-electron chi connectivity index (χ2n) is 3.60. The van der Waals surface area contributed by atoms with Crippen molar-refractivity contribution in [3.8, 4) is 0 Å². The average Bonchev–Trinajstić information content (AvgIpc) is 2.70. The van der Waals surface area contributed by atoms with Gasteiger partial charge < -0.3 is 10.4 Å². The molecule has 0 saturated carbocycles. The Balaban J connectivity index is 2.27. The number of pyridine rings is 1. The molecule has 98 valence electrons. The molecule has 2 aromatic rings. The van der Waals surface area contributed by atoms with Crippen molar-refractivity contribution in [3.05, 3.63) is 41.1 Å². The molecule has 0 fully saturated rings. The van der Waals surface area contributed by atoms with Gasteiger partial charge in [-0.15, -0.1) is 0 Å². The number of anilines is 1. The summed E-state index contributed by atoms with van der Waals surface area (Å²) in [5.74, 6) is -2.58. The molecule has 6 nitrogen and oxygen atoms in total. The molecule has 0 unspecified atom stereocenters. The van der Waals surface area contributed by atoms with E-state index in [1.807, 2.05) is 0 Å². The fraction of sp³-hybridized carbons (Fsp3) is 0.0909. The zero-order chi connectivity index (χ0) is 14.0. The third kappa shape index (κ3) is 2.74. The highest BCUT2D eigenvalue weighted by atomic mass is 32.1. The summed E-state index contributed by atoms with van der Waals surface area (Å²) in [6.45, 7) is 1.53. The van der Waals surface area contributed by atoms with Gasteiger partial charge in [0.2, 0.25) is 5.95 Å². The van der Waals surface area contributed by atoms with E-state index in [1.165, 1.54) is 13.0 Å². The summed E-state index contributed by atoms with van der Waals surface area (Å²) >= 11 is 0.860.